The summed E-state index contributed by atoms with van der Waals surface area (Å²) in [6.07, 6.45) is -0.139. The molecule has 1 aliphatic heterocycles. The maximum absolute atomic E-state index is 15.1. The van der Waals surface area contributed by atoms with Crippen molar-refractivity contribution in [1.29, 1.82) is 0 Å². The molecular formula is C25H28F4O5S2. The number of hydrogen-bond acceptors (Lipinski definition) is 5. The summed E-state index contributed by atoms with van der Waals surface area (Å²) in [5.41, 5.74) is 0.311. The number of halogens is 4. The van der Waals surface area contributed by atoms with E-state index in [2.05, 4.69) is 0 Å². The van der Waals surface area contributed by atoms with Crippen LogP contribution in [0.4, 0.5) is 17.6 Å². The lowest BCUT2D eigenvalue weighted by atomic mass is 9.83. The second-order valence-electron chi connectivity index (χ2n) is 10.2. The molecule has 5 nitrogen and oxygen atoms in total. The van der Waals surface area contributed by atoms with Gasteiger partial charge >= 0.3 is 21.3 Å². The van der Waals surface area contributed by atoms with Crippen LogP contribution in [-0.2, 0) is 13.7 Å². The third-order valence-corrected chi connectivity index (χ3v) is 13.6. The van der Waals surface area contributed by atoms with Crippen LogP contribution in [-0.4, -0.2) is 53.8 Å². The molecule has 3 aliphatic rings. The van der Waals surface area contributed by atoms with Crippen molar-refractivity contribution < 1.29 is 39.5 Å². The smallest absolute Gasteiger partial charge is 0.393 e. The van der Waals surface area contributed by atoms with Gasteiger partial charge in [0.15, 0.2) is 5.78 Å². The van der Waals surface area contributed by atoms with Gasteiger partial charge in [0, 0.05) is 23.0 Å². The van der Waals surface area contributed by atoms with E-state index in [9.17, 15) is 18.3 Å². The summed E-state index contributed by atoms with van der Waals surface area (Å²) in [4.78, 5) is 13.3. The Morgan fingerprint density at radius 1 is 0.972 bits per heavy atom. The molecule has 2 saturated carbocycles. The lowest BCUT2D eigenvalue weighted by Gasteiger charge is -2.39. The molecule has 1 N–H and O–H groups in total. The van der Waals surface area contributed by atoms with Gasteiger partial charge in [0.25, 0.3) is 0 Å². The predicted octanol–water partition coefficient (Wildman–Crippen LogP) is 5.52. The average Bonchev–Trinajstić information content (AvgIpc) is 3.54. The summed E-state index contributed by atoms with van der Waals surface area (Å²) >= 11 is 0. The normalized spacial score (nSPS) is 29.0. The van der Waals surface area contributed by atoms with E-state index in [-0.39, 0.29) is 30.8 Å². The number of carbonyl (C=O) groups excluding carboxylic acids is 1. The van der Waals surface area contributed by atoms with Crippen molar-refractivity contribution in [3.05, 3.63) is 48.0 Å². The molecular weight excluding hydrogens is 520 g/mol. The molecule has 0 amide bonds. The van der Waals surface area contributed by atoms with Gasteiger partial charge in [-0.3, -0.25) is 4.79 Å². The van der Waals surface area contributed by atoms with Crippen LogP contribution < -0.4 is 0 Å². The van der Waals surface area contributed by atoms with Crippen LogP contribution in [0.5, 0.6) is 0 Å². The van der Waals surface area contributed by atoms with E-state index in [1.54, 1.807) is 30.3 Å². The van der Waals surface area contributed by atoms with Gasteiger partial charge in [0.2, 0.25) is 0 Å². The molecule has 1 saturated heterocycles. The van der Waals surface area contributed by atoms with Gasteiger partial charge in [-0.15, -0.1) is 10.3 Å². The van der Waals surface area contributed by atoms with Gasteiger partial charge in [0.05, 0.1) is 11.9 Å². The number of rotatable bonds is 8. The Bertz CT molecular complexity index is 1270. The molecule has 1 heterocycles. The summed E-state index contributed by atoms with van der Waals surface area (Å²) < 4.78 is 91.3. The second-order valence-corrected chi connectivity index (χ2v) is 15.2. The summed E-state index contributed by atoms with van der Waals surface area (Å²) in [6.45, 7) is 0. The number of aliphatic hydroxyl groups is 1. The minimum Gasteiger partial charge on any atom is -0.393 e. The van der Waals surface area contributed by atoms with Gasteiger partial charge in [-0.1, -0.05) is 42.5 Å². The molecule has 5 rings (SSSR count). The van der Waals surface area contributed by atoms with Crippen molar-refractivity contribution in [3.8, 4) is 0 Å². The van der Waals surface area contributed by atoms with Crippen molar-refractivity contribution in [2.45, 2.75) is 49.4 Å². The molecule has 2 aromatic carbocycles. The zero-order chi connectivity index (χ0) is 25.9. The first kappa shape index (κ1) is 25.9. The lowest BCUT2D eigenvalue weighted by Crippen LogP contribution is -2.54. The van der Waals surface area contributed by atoms with E-state index in [0.717, 1.165) is 5.39 Å². The Hall–Kier alpha value is -1.69. The zero-order valence-corrected chi connectivity index (χ0v) is 21.0. The monoisotopic (exact) mass is 548 g/mol. The van der Waals surface area contributed by atoms with Crippen molar-refractivity contribution in [1.82, 2.24) is 0 Å². The Morgan fingerprint density at radius 2 is 1.64 bits per heavy atom. The Labute approximate surface area is 208 Å². The van der Waals surface area contributed by atoms with Crippen LogP contribution in [0.15, 0.2) is 42.5 Å². The fourth-order valence-corrected chi connectivity index (χ4v) is 11.8. The highest BCUT2D eigenvalue weighted by atomic mass is 32.3. The van der Waals surface area contributed by atoms with Crippen molar-refractivity contribution >= 4 is 37.0 Å². The van der Waals surface area contributed by atoms with Crippen molar-refractivity contribution in [2.24, 2.45) is 17.8 Å². The average molecular weight is 549 g/mol. The number of benzene rings is 2. The molecule has 2 aromatic rings. The minimum absolute atomic E-state index is 0.0450. The van der Waals surface area contributed by atoms with Gasteiger partial charge in [-0.25, -0.2) is 3.63 Å². The quantitative estimate of drug-likeness (QED) is 0.347. The Balaban J connectivity index is 1.40. The molecule has 11 heteroatoms. The molecule has 2 bridgehead atoms. The number of carbonyl (C=O) groups is 1. The first-order chi connectivity index (χ1) is 16.9. The highest BCUT2D eigenvalue weighted by Crippen LogP contribution is 2.62. The number of ketones is 1. The molecule has 198 valence electrons. The Morgan fingerprint density at radius 3 is 2.28 bits per heavy atom. The maximum Gasteiger partial charge on any atom is 0.432 e. The first-order valence-electron chi connectivity index (χ1n) is 12.0. The zero-order valence-electron chi connectivity index (χ0n) is 19.4. The molecule has 0 spiro atoms. The predicted molar refractivity (Wildman–Crippen MR) is 130 cm³/mol. The van der Waals surface area contributed by atoms with Gasteiger partial charge in [-0.05, 0) is 54.7 Å². The largest absolute Gasteiger partial charge is 0.432 e. The summed E-state index contributed by atoms with van der Waals surface area (Å²) in [5.74, 6) is -8.86. The van der Waals surface area contributed by atoms with E-state index in [0.29, 0.717) is 23.8 Å². The highest BCUT2D eigenvalue weighted by Gasteiger charge is 2.73. The van der Waals surface area contributed by atoms with Crippen LogP contribution in [0.25, 0.3) is 10.8 Å². The molecule has 3 fully saturated rings. The molecule has 2 aliphatic carbocycles. The number of fused-ring (bicyclic) bond motifs is 3. The number of Topliss-reactive ketones (excluding diaryl/α,β-unsaturated/α-hetero) is 1. The van der Waals surface area contributed by atoms with Gasteiger partial charge < -0.3 is 5.11 Å². The van der Waals surface area contributed by atoms with Crippen LogP contribution >= 0.6 is 10.3 Å². The number of hydrogen-bond donors (Lipinski definition) is 1. The fraction of sp³-hybridized carbons (Fsp3) is 0.560. The number of aliphatic hydroxyl groups excluding tert-OH is 1. The van der Waals surface area contributed by atoms with Crippen LogP contribution in [0.1, 0.15) is 42.5 Å². The highest BCUT2D eigenvalue weighted by molar-refractivity contribution is 8.33. The SMILES string of the molecule is O=C(CS1(OS(=O)(=O)C(F)(F)C(F)(F)C2CC3CC2CC3O)CCCC1)c1cccc2ccccc12. The Kier molecular flexibility index (Phi) is 6.45. The summed E-state index contributed by atoms with van der Waals surface area (Å²) in [6, 6.07) is 12.1. The third kappa shape index (κ3) is 4.16. The van der Waals surface area contributed by atoms with Crippen molar-refractivity contribution in [3.63, 3.8) is 0 Å². The third-order valence-electron chi connectivity index (χ3n) is 7.99. The molecule has 4 unspecified atom stereocenters. The number of alkyl halides is 4. The second kappa shape index (κ2) is 8.96. The van der Waals surface area contributed by atoms with Crippen molar-refractivity contribution in [2.75, 3.05) is 17.3 Å². The van der Waals surface area contributed by atoms with E-state index >= 15 is 17.6 Å². The topological polar surface area (TPSA) is 80.7 Å². The molecule has 0 aromatic heterocycles. The molecule has 4 atom stereocenters. The first-order valence-corrected chi connectivity index (χ1v) is 15.5. The van der Waals surface area contributed by atoms with Gasteiger partial charge in [-0.2, -0.15) is 26.0 Å². The van der Waals surface area contributed by atoms with E-state index < -0.39 is 67.0 Å². The lowest BCUT2D eigenvalue weighted by molar-refractivity contribution is -0.204. The standard InChI is InChI=1S/C25H28F4O5S2/c26-24(27,21-13-18-12-17(21)14-22(18)30)25(28,29)36(32,33)34-35(10-3-4-11-35)15-23(31)20-9-5-7-16-6-1-2-8-19(16)20/h1-2,5-9,17-18,21-22,30H,3-4,10-15H2. The van der Waals surface area contributed by atoms with E-state index in [1.165, 1.54) is 0 Å². The maximum atomic E-state index is 15.1. The van der Waals surface area contributed by atoms with Crippen LogP contribution in [0.2, 0.25) is 0 Å². The van der Waals surface area contributed by atoms with Crippen LogP contribution in [0.3, 0.4) is 0 Å². The molecule has 36 heavy (non-hydrogen) atoms. The summed E-state index contributed by atoms with van der Waals surface area (Å²) in [5, 5.41) is 5.80. The minimum atomic E-state index is -6.06. The van der Waals surface area contributed by atoms with E-state index in [1.807, 2.05) is 12.1 Å². The molecule has 0 radical (unpaired) electrons. The van der Waals surface area contributed by atoms with Crippen LogP contribution in [0, 0.1) is 17.8 Å². The fourth-order valence-electron chi connectivity index (χ4n) is 6.16. The summed E-state index contributed by atoms with van der Waals surface area (Å²) in [7, 11) is -8.97. The van der Waals surface area contributed by atoms with E-state index in [4.69, 9.17) is 3.63 Å². The van der Waals surface area contributed by atoms with Gasteiger partial charge in [0.1, 0.15) is 0 Å².